The van der Waals surface area contributed by atoms with E-state index in [1.165, 1.54) is 30.3 Å². The van der Waals surface area contributed by atoms with Crippen LogP contribution >= 0.6 is 23.2 Å². The molecule has 0 bridgehead atoms. The van der Waals surface area contributed by atoms with Crippen molar-refractivity contribution in [1.82, 2.24) is 0 Å². The summed E-state index contributed by atoms with van der Waals surface area (Å²) in [6.45, 7) is 5.37. The van der Waals surface area contributed by atoms with E-state index in [1.807, 2.05) is 19.9 Å². The van der Waals surface area contributed by atoms with E-state index in [4.69, 9.17) is 27.9 Å². The minimum absolute atomic E-state index is 0.0758. The second-order valence-corrected chi connectivity index (χ2v) is 9.86. The first-order chi connectivity index (χ1) is 15.0. The topological polar surface area (TPSA) is 84.5 Å². The Morgan fingerprint density at radius 2 is 1.53 bits per heavy atom. The Hall–Kier alpha value is -2.74. The van der Waals surface area contributed by atoms with Crippen molar-refractivity contribution in [3.63, 3.8) is 0 Å². The third-order valence-corrected chi connectivity index (χ3v) is 6.40. The van der Waals surface area contributed by atoms with Crippen LogP contribution < -0.4 is 14.8 Å². The fraction of sp³-hybridized carbons (Fsp3) is 0.174. The summed E-state index contributed by atoms with van der Waals surface area (Å²) in [6, 6.07) is 16.0. The van der Waals surface area contributed by atoms with E-state index in [9.17, 15) is 13.2 Å². The van der Waals surface area contributed by atoms with Crippen LogP contribution in [0, 0.1) is 13.8 Å². The molecule has 0 fully saturated rings. The number of anilines is 2. The van der Waals surface area contributed by atoms with Gasteiger partial charge in [-0.3, -0.25) is 9.52 Å². The molecule has 0 unspecified atom stereocenters. The Balaban J connectivity index is 1.66. The number of rotatable bonds is 7. The number of halogens is 2. The first-order valence-corrected chi connectivity index (χ1v) is 11.9. The second kappa shape index (κ2) is 9.81. The van der Waals surface area contributed by atoms with Gasteiger partial charge in [-0.25, -0.2) is 8.42 Å². The highest BCUT2D eigenvalue weighted by molar-refractivity contribution is 7.92. The van der Waals surface area contributed by atoms with Gasteiger partial charge in [-0.2, -0.15) is 0 Å². The van der Waals surface area contributed by atoms with Gasteiger partial charge in [-0.15, -0.1) is 0 Å². The molecular weight excluding hydrogens is 471 g/mol. The summed E-state index contributed by atoms with van der Waals surface area (Å²) < 4.78 is 33.5. The maximum Gasteiger partial charge on any atom is 0.265 e. The molecule has 1 atom stereocenters. The predicted molar refractivity (Wildman–Crippen MR) is 128 cm³/mol. The number of aryl methyl sites for hydroxylation is 2. The van der Waals surface area contributed by atoms with E-state index in [-0.39, 0.29) is 4.90 Å². The molecule has 3 aromatic rings. The van der Waals surface area contributed by atoms with Crippen LogP contribution in [0.5, 0.6) is 5.75 Å². The minimum Gasteiger partial charge on any atom is -0.479 e. The molecule has 0 radical (unpaired) electrons. The molecule has 0 spiro atoms. The molecule has 0 aliphatic rings. The van der Waals surface area contributed by atoms with Gasteiger partial charge >= 0.3 is 0 Å². The van der Waals surface area contributed by atoms with Crippen LogP contribution in [-0.4, -0.2) is 20.4 Å². The van der Waals surface area contributed by atoms with Crippen LogP contribution in [0.4, 0.5) is 11.4 Å². The molecular formula is C23H22Cl2N2O4S. The van der Waals surface area contributed by atoms with Gasteiger partial charge in [0.25, 0.3) is 15.9 Å². The zero-order chi connectivity index (χ0) is 23.5. The second-order valence-electron chi connectivity index (χ2n) is 7.33. The average Bonchev–Trinajstić information content (AvgIpc) is 2.69. The number of ether oxygens (including phenoxy) is 1. The molecule has 1 amide bonds. The normalized spacial score (nSPS) is 12.2. The number of hydrogen-bond acceptors (Lipinski definition) is 4. The monoisotopic (exact) mass is 492 g/mol. The third kappa shape index (κ3) is 6.16. The van der Waals surface area contributed by atoms with Gasteiger partial charge < -0.3 is 10.1 Å². The lowest BCUT2D eigenvalue weighted by Crippen LogP contribution is -2.30. The molecule has 0 aromatic heterocycles. The maximum absolute atomic E-state index is 12.7. The molecule has 0 saturated heterocycles. The van der Waals surface area contributed by atoms with E-state index >= 15 is 0 Å². The summed E-state index contributed by atoms with van der Waals surface area (Å²) >= 11 is 11.9. The lowest BCUT2D eigenvalue weighted by atomic mass is 10.1. The third-order valence-electron chi connectivity index (χ3n) is 4.47. The molecule has 9 heteroatoms. The molecule has 32 heavy (non-hydrogen) atoms. The van der Waals surface area contributed by atoms with Crippen molar-refractivity contribution >= 4 is 50.5 Å². The highest BCUT2D eigenvalue weighted by atomic mass is 35.5. The number of sulfonamides is 1. The van der Waals surface area contributed by atoms with Gasteiger partial charge in [0, 0.05) is 16.4 Å². The number of benzene rings is 3. The molecule has 6 nitrogen and oxygen atoms in total. The molecule has 3 aromatic carbocycles. The van der Waals surface area contributed by atoms with Crippen LogP contribution in [-0.2, 0) is 14.8 Å². The number of nitrogens with one attached hydrogen (secondary N) is 2. The van der Waals surface area contributed by atoms with Gasteiger partial charge in [0.15, 0.2) is 6.10 Å². The predicted octanol–water partition coefficient (Wildman–Crippen LogP) is 5.82. The molecule has 3 rings (SSSR count). The van der Waals surface area contributed by atoms with Gasteiger partial charge in [-0.1, -0.05) is 29.3 Å². The smallest absolute Gasteiger partial charge is 0.265 e. The standard InChI is InChI=1S/C23H22Cl2N2O4S/c1-14-10-15(2)12-19(11-14)27-32(29,30)20-7-5-18(6-8-20)26-23(28)16(3)31-22-9-4-17(24)13-21(22)25/h4-13,16,27H,1-3H3,(H,26,28)/t16-/m0/s1. The van der Waals surface area contributed by atoms with Gasteiger partial charge in [-0.05, 0) is 86.5 Å². The summed E-state index contributed by atoms with van der Waals surface area (Å²) in [7, 11) is -3.77. The molecule has 168 valence electrons. The molecule has 2 N–H and O–H groups in total. The van der Waals surface area contributed by atoms with Gasteiger partial charge in [0.1, 0.15) is 5.75 Å². The summed E-state index contributed by atoms with van der Waals surface area (Å²) in [5.74, 6) is -0.0856. The van der Waals surface area contributed by atoms with Crippen molar-refractivity contribution in [2.75, 3.05) is 10.0 Å². The van der Waals surface area contributed by atoms with Crippen LogP contribution in [0.15, 0.2) is 65.6 Å². The Bertz CT molecular complexity index is 1230. The van der Waals surface area contributed by atoms with Crippen LogP contribution in [0.2, 0.25) is 10.0 Å². The lowest BCUT2D eigenvalue weighted by molar-refractivity contribution is -0.122. The average molecular weight is 493 g/mol. The van der Waals surface area contributed by atoms with Gasteiger partial charge in [0.2, 0.25) is 0 Å². The van der Waals surface area contributed by atoms with E-state index in [0.29, 0.717) is 27.2 Å². The van der Waals surface area contributed by atoms with Crippen molar-refractivity contribution in [2.45, 2.75) is 31.8 Å². The zero-order valence-corrected chi connectivity index (χ0v) is 20.0. The number of hydrogen-bond donors (Lipinski definition) is 2. The first-order valence-electron chi connectivity index (χ1n) is 9.67. The molecule has 0 aliphatic heterocycles. The fourth-order valence-corrected chi connectivity index (χ4v) is 4.52. The Morgan fingerprint density at radius 3 is 2.12 bits per heavy atom. The van der Waals surface area contributed by atoms with Crippen molar-refractivity contribution in [3.8, 4) is 5.75 Å². The molecule has 0 saturated carbocycles. The molecule has 0 heterocycles. The SMILES string of the molecule is Cc1cc(C)cc(NS(=O)(=O)c2ccc(NC(=O)[C@H](C)Oc3ccc(Cl)cc3Cl)cc2)c1. The quantitative estimate of drug-likeness (QED) is 0.435. The van der Waals surface area contributed by atoms with E-state index in [2.05, 4.69) is 10.0 Å². The zero-order valence-electron chi connectivity index (χ0n) is 17.6. The van der Waals surface area contributed by atoms with Crippen LogP contribution in [0.3, 0.4) is 0 Å². The summed E-state index contributed by atoms with van der Waals surface area (Å²) in [5.41, 5.74) is 2.83. The fourth-order valence-electron chi connectivity index (χ4n) is 3.02. The summed E-state index contributed by atoms with van der Waals surface area (Å²) in [4.78, 5) is 12.5. The van der Waals surface area contributed by atoms with Crippen molar-refractivity contribution in [3.05, 3.63) is 81.8 Å². The first kappa shape index (κ1) is 23.9. The van der Waals surface area contributed by atoms with Crippen molar-refractivity contribution in [2.24, 2.45) is 0 Å². The highest BCUT2D eigenvalue weighted by Crippen LogP contribution is 2.28. The lowest BCUT2D eigenvalue weighted by Gasteiger charge is -2.16. The van der Waals surface area contributed by atoms with Crippen LogP contribution in [0.1, 0.15) is 18.1 Å². The number of carbonyl (C=O) groups excluding carboxylic acids is 1. The number of carbonyl (C=O) groups is 1. The Labute approximate surface area is 197 Å². The number of amides is 1. The van der Waals surface area contributed by atoms with Crippen LogP contribution in [0.25, 0.3) is 0 Å². The van der Waals surface area contributed by atoms with Gasteiger partial charge in [0.05, 0.1) is 9.92 Å². The highest BCUT2D eigenvalue weighted by Gasteiger charge is 2.18. The summed E-state index contributed by atoms with van der Waals surface area (Å²) in [5, 5.41) is 3.44. The Kier molecular flexibility index (Phi) is 7.33. The minimum atomic E-state index is -3.77. The van der Waals surface area contributed by atoms with Crippen molar-refractivity contribution < 1.29 is 17.9 Å². The van der Waals surface area contributed by atoms with E-state index < -0.39 is 22.0 Å². The summed E-state index contributed by atoms with van der Waals surface area (Å²) in [6.07, 6.45) is -0.844. The van der Waals surface area contributed by atoms with E-state index in [0.717, 1.165) is 11.1 Å². The molecule has 0 aliphatic carbocycles. The largest absolute Gasteiger partial charge is 0.479 e. The Morgan fingerprint density at radius 1 is 0.906 bits per heavy atom. The maximum atomic E-state index is 12.7. The van der Waals surface area contributed by atoms with Crippen molar-refractivity contribution in [1.29, 1.82) is 0 Å². The van der Waals surface area contributed by atoms with E-state index in [1.54, 1.807) is 31.2 Å².